The maximum Gasteiger partial charge on any atom is 0.328 e. The molecule has 0 spiro atoms. The lowest BCUT2D eigenvalue weighted by Gasteiger charge is -2.43. The third-order valence-corrected chi connectivity index (χ3v) is 13.8. The normalized spacial score (nSPS) is 12.1. The molecule has 47 heavy (non-hydrogen) atoms. The van der Waals surface area contributed by atoms with Crippen molar-refractivity contribution in [2.24, 2.45) is 0 Å². The fraction of sp³-hybridized carbons (Fsp3) is 0.289. The Morgan fingerprint density at radius 1 is 0.745 bits per heavy atom. The molecule has 4 aromatic rings. The summed E-state index contributed by atoms with van der Waals surface area (Å²) in [5.74, 6) is 0.0963. The van der Waals surface area contributed by atoms with Crippen molar-refractivity contribution in [1.82, 2.24) is 4.90 Å². The number of carbonyl (C=O) groups is 3. The van der Waals surface area contributed by atoms with Gasteiger partial charge in [0.05, 0.1) is 26.0 Å². The van der Waals surface area contributed by atoms with E-state index < -0.39 is 26.2 Å². The molecule has 9 heteroatoms. The molecular formula is C38H42BrNO6Si. The highest BCUT2D eigenvalue weighted by molar-refractivity contribution is 9.09. The summed E-state index contributed by atoms with van der Waals surface area (Å²) in [5.41, 5.74) is 1.60. The van der Waals surface area contributed by atoms with E-state index in [0.717, 1.165) is 11.1 Å². The Bertz CT molecular complexity index is 1580. The standard InChI is InChI=1S/C38H42BrNO6Si/c1-38(2,3)47(33-12-8-6-9-13-33,34-14-10-7-11-15-34)46-32-22-16-28(17-23-32)24-35(37(43)45-5)40(36(42)25-30(41)26-39)27-29-18-20-31(44-4)21-19-29/h6-23,35H,24-27H2,1-5H3/t35-/m0/s1. The Morgan fingerprint density at radius 2 is 1.26 bits per heavy atom. The van der Waals surface area contributed by atoms with E-state index in [9.17, 15) is 14.4 Å². The first-order valence-electron chi connectivity index (χ1n) is 15.5. The Kier molecular flexibility index (Phi) is 12.2. The van der Waals surface area contributed by atoms with Crippen LogP contribution in [0.3, 0.4) is 0 Å². The number of carbonyl (C=O) groups excluding carboxylic acids is 3. The van der Waals surface area contributed by atoms with Gasteiger partial charge >= 0.3 is 14.3 Å². The highest BCUT2D eigenvalue weighted by atomic mass is 79.9. The van der Waals surface area contributed by atoms with E-state index in [0.29, 0.717) is 11.5 Å². The number of alkyl halides is 1. The van der Waals surface area contributed by atoms with E-state index in [4.69, 9.17) is 13.9 Å². The second-order valence-electron chi connectivity index (χ2n) is 12.4. The van der Waals surface area contributed by atoms with Crippen molar-refractivity contribution in [3.63, 3.8) is 0 Å². The summed E-state index contributed by atoms with van der Waals surface area (Å²) in [7, 11) is 0.0424. The average molecular weight is 717 g/mol. The second-order valence-corrected chi connectivity index (χ2v) is 17.2. The minimum atomic E-state index is -2.84. The van der Waals surface area contributed by atoms with Crippen molar-refractivity contribution in [3.8, 4) is 11.5 Å². The number of methoxy groups -OCH3 is 2. The van der Waals surface area contributed by atoms with Gasteiger partial charge in [0, 0.05) is 13.0 Å². The minimum absolute atomic E-state index is 0.0464. The molecule has 0 fully saturated rings. The minimum Gasteiger partial charge on any atom is -0.534 e. The fourth-order valence-electron chi connectivity index (χ4n) is 5.82. The SMILES string of the molecule is COC(=O)[C@H](Cc1ccc(O[Si](c2ccccc2)(c2ccccc2)C(C)(C)C)cc1)N(Cc1ccc(OC)cc1)C(=O)CC(=O)CBr. The van der Waals surface area contributed by atoms with E-state index in [-0.39, 0.29) is 35.5 Å². The summed E-state index contributed by atoms with van der Waals surface area (Å²) in [6.45, 7) is 6.79. The number of halogens is 1. The zero-order valence-electron chi connectivity index (χ0n) is 27.6. The van der Waals surface area contributed by atoms with Crippen LogP contribution in [0.2, 0.25) is 5.04 Å². The van der Waals surface area contributed by atoms with Gasteiger partial charge in [-0.3, -0.25) is 9.59 Å². The molecule has 0 radical (unpaired) electrons. The number of hydrogen-bond acceptors (Lipinski definition) is 6. The van der Waals surface area contributed by atoms with Gasteiger partial charge in [-0.2, -0.15) is 0 Å². The van der Waals surface area contributed by atoms with Crippen molar-refractivity contribution >= 4 is 52.3 Å². The molecule has 0 saturated heterocycles. The largest absolute Gasteiger partial charge is 0.534 e. The van der Waals surface area contributed by atoms with Gasteiger partial charge in [-0.05, 0) is 50.8 Å². The predicted octanol–water partition coefficient (Wildman–Crippen LogP) is 6.10. The molecule has 1 amide bonds. The van der Waals surface area contributed by atoms with Crippen molar-refractivity contribution < 1.29 is 28.3 Å². The number of hydrogen-bond donors (Lipinski definition) is 0. The third-order valence-electron chi connectivity index (χ3n) is 8.22. The van der Waals surface area contributed by atoms with Gasteiger partial charge in [0.15, 0.2) is 5.78 Å². The van der Waals surface area contributed by atoms with Gasteiger partial charge in [0.25, 0.3) is 0 Å². The van der Waals surface area contributed by atoms with Crippen LogP contribution in [0.4, 0.5) is 0 Å². The monoisotopic (exact) mass is 715 g/mol. The Balaban J connectivity index is 1.68. The number of rotatable bonds is 14. The highest BCUT2D eigenvalue weighted by Crippen LogP contribution is 2.37. The van der Waals surface area contributed by atoms with Crippen molar-refractivity contribution in [2.45, 2.75) is 51.2 Å². The Labute approximate surface area is 287 Å². The van der Waals surface area contributed by atoms with Crippen LogP contribution in [0.15, 0.2) is 109 Å². The smallest absolute Gasteiger partial charge is 0.328 e. The summed E-state index contributed by atoms with van der Waals surface area (Å²) in [5, 5.41) is 2.17. The molecule has 4 aromatic carbocycles. The van der Waals surface area contributed by atoms with Gasteiger partial charge in [-0.1, -0.05) is 122 Å². The van der Waals surface area contributed by atoms with E-state index in [1.54, 1.807) is 19.2 Å². The van der Waals surface area contributed by atoms with Crippen LogP contribution in [-0.4, -0.2) is 56.5 Å². The van der Waals surface area contributed by atoms with Crippen molar-refractivity contribution in [1.29, 1.82) is 0 Å². The zero-order valence-corrected chi connectivity index (χ0v) is 30.2. The number of nitrogens with zero attached hydrogens (tertiary/aromatic N) is 1. The molecule has 0 unspecified atom stereocenters. The molecular weight excluding hydrogens is 674 g/mol. The van der Waals surface area contributed by atoms with Gasteiger partial charge < -0.3 is 18.8 Å². The highest BCUT2D eigenvalue weighted by Gasteiger charge is 2.52. The lowest BCUT2D eigenvalue weighted by molar-refractivity contribution is -0.154. The number of Topliss-reactive ketones (excluding diaryl/α,β-unsaturated/α-hetero) is 1. The predicted molar refractivity (Wildman–Crippen MR) is 191 cm³/mol. The molecule has 4 rings (SSSR count). The molecule has 0 bridgehead atoms. The molecule has 1 atom stereocenters. The van der Waals surface area contributed by atoms with Crippen LogP contribution in [0.1, 0.15) is 38.3 Å². The lowest BCUT2D eigenvalue weighted by Crippen LogP contribution is -2.68. The fourth-order valence-corrected chi connectivity index (χ4v) is 10.4. The number of amides is 1. The first-order chi connectivity index (χ1) is 22.5. The lowest BCUT2D eigenvalue weighted by atomic mass is 10.0. The summed E-state index contributed by atoms with van der Waals surface area (Å²) in [6.07, 6.45) is -0.142. The number of esters is 1. The molecule has 0 aliphatic carbocycles. The maximum atomic E-state index is 13.5. The average Bonchev–Trinajstić information content (AvgIpc) is 3.09. The van der Waals surface area contributed by atoms with Crippen LogP contribution in [-0.2, 0) is 32.1 Å². The summed E-state index contributed by atoms with van der Waals surface area (Å²) >= 11 is 3.14. The van der Waals surface area contributed by atoms with Gasteiger partial charge in [0.2, 0.25) is 5.91 Å². The summed E-state index contributed by atoms with van der Waals surface area (Å²) in [4.78, 5) is 40.4. The van der Waals surface area contributed by atoms with E-state index in [1.165, 1.54) is 22.4 Å². The molecule has 0 heterocycles. The van der Waals surface area contributed by atoms with Gasteiger partial charge in [0.1, 0.15) is 17.5 Å². The van der Waals surface area contributed by atoms with Crippen LogP contribution >= 0.6 is 15.9 Å². The zero-order chi connectivity index (χ0) is 34.0. The van der Waals surface area contributed by atoms with Crippen molar-refractivity contribution in [2.75, 3.05) is 19.5 Å². The van der Waals surface area contributed by atoms with E-state index in [2.05, 4.69) is 85.2 Å². The number of ether oxygens (including phenoxy) is 2. The second kappa shape index (κ2) is 16.1. The topological polar surface area (TPSA) is 82.1 Å². The molecule has 246 valence electrons. The maximum absolute atomic E-state index is 13.5. The van der Waals surface area contributed by atoms with Crippen LogP contribution in [0.25, 0.3) is 0 Å². The molecule has 0 aliphatic rings. The third kappa shape index (κ3) is 8.58. The molecule has 7 nitrogen and oxygen atoms in total. The first-order valence-corrected chi connectivity index (χ1v) is 18.5. The summed E-state index contributed by atoms with van der Waals surface area (Å²) in [6, 6.07) is 34.8. The van der Waals surface area contributed by atoms with E-state index >= 15 is 0 Å². The molecule has 0 aromatic heterocycles. The molecule has 0 aliphatic heterocycles. The number of benzene rings is 4. The molecule has 0 N–H and O–H groups in total. The quantitative estimate of drug-likeness (QED) is 0.0680. The Morgan fingerprint density at radius 3 is 1.72 bits per heavy atom. The van der Waals surface area contributed by atoms with E-state index in [1.807, 2.05) is 48.5 Å². The summed E-state index contributed by atoms with van der Waals surface area (Å²) < 4.78 is 17.6. The van der Waals surface area contributed by atoms with Crippen LogP contribution in [0, 0.1) is 0 Å². The van der Waals surface area contributed by atoms with Crippen LogP contribution < -0.4 is 19.5 Å². The van der Waals surface area contributed by atoms with Gasteiger partial charge in [-0.25, -0.2) is 4.79 Å². The van der Waals surface area contributed by atoms with Gasteiger partial charge in [-0.15, -0.1) is 0 Å². The van der Waals surface area contributed by atoms with Crippen LogP contribution in [0.5, 0.6) is 11.5 Å². The Hall–Kier alpha value is -4.21. The number of ketones is 1. The first kappa shape index (κ1) is 35.6. The van der Waals surface area contributed by atoms with Crippen molar-refractivity contribution in [3.05, 3.63) is 120 Å². The molecule has 0 saturated carbocycles.